The van der Waals surface area contributed by atoms with E-state index in [2.05, 4.69) is 61.7 Å². The quantitative estimate of drug-likeness (QED) is 0.328. The van der Waals surface area contributed by atoms with Crippen LogP contribution in [0.2, 0.25) is 0 Å². The van der Waals surface area contributed by atoms with Crippen LogP contribution in [0.3, 0.4) is 0 Å². The second-order valence-corrected chi connectivity index (χ2v) is 7.46. The van der Waals surface area contributed by atoms with Gasteiger partial charge < -0.3 is 9.47 Å². The maximum absolute atomic E-state index is 5.19. The van der Waals surface area contributed by atoms with Gasteiger partial charge in [-0.05, 0) is 73.9 Å². The van der Waals surface area contributed by atoms with Crippen LogP contribution < -0.4 is 9.47 Å². The van der Waals surface area contributed by atoms with Crippen molar-refractivity contribution in [1.29, 1.82) is 0 Å². The molecule has 158 valence electrons. The first-order chi connectivity index (χ1) is 14.6. The number of hydrogen-bond donors (Lipinski definition) is 0. The van der Waals surface area contributed by atoms with Crippen LogP contribution >= 0.6 is 0 Å². The Hall–Kier alpha value is -3.00. The smallest absolute Gasteiger partial charge is 0.118 e. The van der Waals surface area contributed by atoms with E-state index in [9.17, 15) is 0 Å². The first-order valence-corrected chi connectivity index (χ1v) is 10.5. The monoisotopic (exact) mass is 402 g/mol. The van der Waals surface area contributed by atoms with Gasteiger partial charge in [0.25, 0.3) is 0 Å². The van der Waals surface area contributed by atoms with Crippen molar-refractivity contribution in [2.24, 2.45) is 0 Å². The highest BCUT2D eigenvalue weighted by Crippen LogP contribution is 2.17. The zero-order valence-electron chi connectivity index (χ0n) is 18.4. The maximum Gasteiger partial charge on any atom is 0.118 e. The van der Waals surface area contributed by atoms with E-state index in [4.69, 9.17) is 9.47 Å². The van der Waals surface area contributed by atoms with E-state index in [0.29, 0.717) is 0 Å². The third-order valence-corrected chi connectivity index (χ3v) is 5.00. The molecule has 2 nitrogen and oxygen atoms in total. The van der Waals surface area contributed by atoms with Crippen LogP contribution in [0.15, 0.2) is 97.1 Å². The minimum atomic E-state index is 0.895. The molecule has 0 fully saturated rings. The van der Waals surface area contributed by atoms with Crippen LogP contribution in [0.25, 0.3) is 0 Å². The lowest BCUT2D eigenvalue weighted by atomic mass is 10.0. The fraction of sp³-hybridized carbons (Fsp3) is 0.286. The van der Waals surface area contributed by atoms with Crippen molar-refractivity contribution in [2.45, 2.75) is 38.5 Å². The molecule has 30 heavy (non-hydrogen) atoms. The van der Waals surface area contributed by atoms with Gasteiger partial charge >= 0.3 is 0 Å². The van der Waals surface area contributed by atoms with Crippen LogP contribution in [-0.4, -0.2) is 14.2 Å². The molecule has 0 saturated carbocycles. The number of ether oxygens (including phenoxy) is 2. The fourth-order valence-electron chi connectivity index (χ4n) is 3.02. The molecule has 0 aromatic heterocycles. The summed E-state index contributed by atoms with van der Waals surface area (Å²) in [5.41, 5.74) is 5.08. The molecule has 0 amide bonds. The van der Waals surface area contributed by atoms with Crippen molar-refractivity contribution in [2.75, 3.05) is 14.2 Å². The Kier molecular flexibility index (Phi) is 10.3. The highest BCUT2D eigenvalue weighted by molar-refractivity contribution is 5.29. The Morgan fingerprint density at radius 2 is 1.00 bits per heavy atom. The SMILES string of the molecule is C=C(C/C=C\Cc1ccc(OC)cc1)CCC(=C)C/C=C\Cc1ccc(OC)cc1. The minimum Gasteiger partial charge on any atom is -0.497 e. The lowest BCUT2D eigenvalue weighted by molar-refractivity contribution is 0.414. The van der Waals surface area contributed by atoms with E-state index < -0.39 is 0 Å². The normalized spacial score (nSPS) is 11.1. The number of allylic oxidation sites excluding steroid dienone is 6. The Bertz CT molecular complexity index is 766. The average Bonchev–Trinajstić information content (AvgIpc) is 2.79. The summed E-state index contributed by atoms with van der Waals surface area (Å²) in [6.45, 7) is 8.41. The van der Waals surface area contributed by atoms with Crippen molar-refractivity contribution >= 4 is 0 Å². The van der Waals surface area contributed by atoms with Crippen molar-refractivity contribution in [1.82, 2.24) is 0 Å². The van der Waals surface area contributed by atoms with E-state index in [0.717, 1.165) is 50.0 Å². The number of rotatable bonds is 13. The molecule has 0 spiro atoms. The molecule has 0 heterocycles. The zero-order chi connectivity index (χ0) is 21.6. The number of methoxy groups -OCH3 is 2. The average molecular weight is 403 g/mol. The molecule has 0 N–H and O–H groups in total. The van der Waals surface area contributed by atoms with E-state index in [-0.39, 0.29) is 0 Å². The number of benzene rings is 2. The largest absolute Gasteiger partial charge is 0.497 e. The molecule has 0 aliphatic rings. The molecule has 0 aliphatic heterocycles. The third kappa shape index (κ3) is 9.00. The molecule has 0 bridgehead atoms. The maximum atomic E-state index is 5.19. The van der Waals surface area contributed by atoms with Gasteiger partial charge in [-0.25, -0.2) is 0 Å². The van der Waals surface area contributed by atoms with Gasteiger partial charge in [0, 0.05) is 0 Å². The summed E-state index contributed by atoms with van der Waals surface area (Å²) in [5, 5.41) is 0. The van der Waals surface area contributed by atoms with Gasteiger partial charge in [0.05, 0.1) is 14.2 Å². The molecular weight excluding hydrogens is 368 g/mol. The summed E-state index contributed by atoms with van der Waals surface area (Å²) in [6, 6.07) is 16.4. The third-order valence-electron chi connectivity index (χ3n) is 5.00. The standard InChI is InChI=1S/C28H34O2/c1-23(9-5-7-11-25-15-19-27(29-3)20-16-25)13-14-24(2)10-6-8-12-26-17-21-28(30-4)22-18-26/h5-8,15-22H,1-2,9-14H2,3-4H3/b7-5-,8-6-. The molecule has 0 saturated heterocycles. The predicted molar refractivity (Wildman–Crippen MR) is 128 cm³/mol. The van der Waals surface area contributed by atoms with E-state index in [1.807, 2.05) is 24.3 Å². The Morgan fingerprint density at radius 1 is 0.633 bits per heavy atom. The van der Waals surface area contributed by atoms with Gasteiger partial charge in [-0.1, -0.05) is 72.9 Å². The van der Waals surface area contributed by atoms with Gasteiger partial charge in [-0.3, -0.25) is 0 Å². The molecule has 2 heteroatoms. The zero-order valence-corrected chi connectivity index (χ0v) is 18.4. The summed E-state index contributed by atoms with van der Waals surface area (Å²) in [6.07, 6.45) is 14.6. The predicted octanol–water partition coefficient (Wildman–Crippen LogP) is 7.27. The van der Waals surface area contributed by atoms with Crippen LogP contribution in [0, 0.1) is 0 Å². The van der Waals surface area contributed by atoms with Gasteiger partial charge in [-0.2, -0.15) is 0 Å². The van der Waals surface area contributed by atoms with Crippen molar-refractivity contribution < 1.29 is 9.47 Å². The van der Waals surface area contributed by atoms with Gasteiger partial charge in [0.2, 0.25) is 0 Å². The second kappa shape index (κ2) is 13.3. The lowest BCUT2D eigenvalue weighted by Crippen LogP contribution is -1.86. The molecule has 2 aromatic rings. The Labute approximate surface area is 182 Å². The molecular formula is C28H34O2. The Morgan fingerprint density at radius 3 is 1.33 bits per heavy atom. The number of hydrogen-bond acceptors (Lipinski definition) is 2. The summed E-state index contributed by atoms with van der Waals surface area (Å²) in [5.74, 6) is 1.79. The minimum absolute atomic E-state index is 0.895. The molecule has 0 aliphatic carbocycles. The first kappa shape index (κ1) is 23.3. The lowest BCUT2D eigenvalue weighted by Gasteiger charge is -2.05. The first-order valence-electron chi connectivity index (χ1n) is 10.5. The molecule has 0 unspecified atom stereocenters. The van der Waals surface area contributed by atoms with Crippen LogP contribution in [0.1, 0.15) is 36.8 Å². The van der Waals surface area contributed by atoms with Gasteiger partial charge in [0.15, 0.2) is 0 Å². The topological polar surface area (TPSA) is 18.5 Å². The highest BCUT2D eigenvalue weighted by atomic mass is 16.5. The second-order valence-electron chi connectivity index (χ2n) is 7.46. The van der Waals surface area contributed by atoms with E-state index in [1.54, 1.807) is 14.2 Å². The van der Waals surface area contributed by atoms with Gasteiger partial charge in [0.1, 0.15) is 11.5 Å². The highest BCUT2D eigenvalue weighted by Gasteiger charge is 1.97. The molecule has 2 aromatic carbocycles. The summed E-state index contributed by atoms with van der Waals surface area (Å²) in [4.78, 5) is 0. The summed E-state index contributed by atoms with van der Waals surface area (Å²) < 4.78 is 10.4. The van der Waals surface area contributed by atoms with Crippen molar-refractivity contribution in [3.63, 3.8) is 0 Å². The molecule has 0 atom stereocenters. The molecule has 0 radical (unpaired) electrons. The van der Waals surface area contributed by atoms with E-state index >= 15 is 0 Å². The van der Waals surface area contributed by atoms with Crippen LogP contribution in [-0.2, 0) is 12.8 Å². The fourth-order valence-corrected chi connectivity index (χ4v) is 3.02. The van der Waals surface area contributed by atoms with E-state index in [1.165, 1.54) is 22.3 Å². The van der Waals surface area contributed by atoms with Crippen LogP contribution in [0.5, 0.6) is 11.5 Å². The van der Waals surface area contributed by atoms with Crippen molar-refractivity contribution in [3.05, 3.63) is 108 Å². The van der Waals surface area contributed by atoms with Gasteiger partial charge in [-0.15, -0.1) is 0 Å². The molecule has 2 rings (SSSR count). The Balaban J connectivity index is 1.59. The summed E-state index contributed by atoms with van der Waals surface area (Å²) >= 11 is 0. The summed E-state index contributed by atoms with van der Waals surface area (Å²) in [7, 11) is 3.38. The van der Waals surface area contributed by atoms with Crippen LogP contribution in [0.4, 0.5) is 0 Å². The van der Waals surface area contributed by atoms with Crippen molar-refractivity contribution in [3.8, 4) is 11.5 Å².